The topological polar surface area (TPSA) is 48.2 Å². The zero-order valence-electron chi connectivity index (χ0n) is 8.81. The molecule has 0 saturated heterocycles. The van der Waals surface area contributed by atoms with E-state index in [1.54, 1.807) is 12.1 Å². The van der Waals surface area contributed by atoms with Gasteiger partial charge >= 0.3 is 0 Å². The molecule has 2 aromatic rings. The van der Waals surface area contributed by atoms with Gasteiger partial charge in [-0.2, -0.15) is 4.98 Å². The van der Waals surface area contributed by atoms with Gasteiger partial charge in [0.15, 0.2) is 12.4 Å². The van der Waals surface area contributed by atoms with Crippen LogP contribution in [-0.4, -0.2) is 10.1 Å². The van der Waals surface area contributed by atoms with Crippen LogP contribution in [0.2, 0.25) is 0 Å². The number of aromatic nitrogens is 2. The van der Waals surface area contributed by atoms with E-state index in [1.807, 2.05) is 6.92 Å². The lowest BCUT2D eigenvalue weighted by Gasteiger charge is -2.01. The predicted octanol–water partition coefficient (Wildman–Crippen LogP) is 2.35. The summed E-state index contributed by atoms with van der Waals surface area (Å²) in [5.41, 5.74) is 0. The molecule has 0 radical (unpaired) electrons. The number of hydrogen-bond donors (Lipinski definition) is 0. The van der Waals surface area contributed by atoms with Gasteiger partial charge in [0.2, 0.25) is 0 Å². The maximum atomic E-state index is 12.6. The molecule has 0 saturated carbocycles. The summed E-state index contributed by atoms with van der Waals surface area (Å²) in [6.07, 6.45) is 0.722. The minimum Gasteiger partial charge on any atom is -0.484 e. The van der Waals surface area contributed by atoms with Crippen LogP contribution < -0.4 is 4.74 Å². The summed E-state index contributed by atoms with van der Waals surface area (Å²) in [5.74, 6) is 1.34. The molecule has 0 N–H and O–H groups in total. The second kappa shape index (κ2) is 4.74. The quantitative estimate of drug-likeness (QED) is 0.796. The third kappa shape index (κ3) is 2.56. The number of hydrogen-bond acceptors (Lipinski definition) is 4. The summed E-state index contributed by atoms with van der Waals surface area (Å²) in [5, 5.41) is 3.73. The average molecular weight is 222 g/mol. The van der Waals surface area contributed by atoms with Gasteiger partial charge in [-0.25, -0.2) is 4.39 Å². The minimum absolute atomic E-state index is 0.193. The van der Waals surface area contributed by atoms with Crippen molar-refractivity contribution in [3.05, 3.63) is 41.8 Å². The monoisotopic (exact) mass is 222 g/mol. The Morgan fingerprint density at radius 3 is 2.69 bits per heavy atom. The van der Waals surface area contributed by atoms with Crippen molar-refractivity contribution < 1.29 is 13.7 Å². The van der Waals surface area contributed by atoms with Gasteiger partial charge in [-0.1, -0.05) is 12.1 Å². The van der Waals surface area contributed by atoms with E-state index in [0.29, 0.717) is 17.5 Å². The van der Waals surface area contributed by atoms with Gasteiger partial charge in [-0.15, -0.1) is 0 Å². The molecule has 1 aromatic carbocycles. The molecule has 0 aliphatic heterocycles. The van der Waals surface area contributed by atoms with Crippen molar-refractivity contribution in [2.45, 2.75) is 20.0 Å². The van der Waals surface area contributed by atoms with Crippen LogP contribution in [0.1, 0.15) is 18.6 Å². The molecule has 0 bridgehead atoms. The Bertz CT molecular complexity index is 453. The van der Waals surface area contributed by atoms with E-state index in [9.17, 15) is 4.39 Å². The first-order chi connectivity index (χ1) is 7.78. The Kier molecular flexibility index (Phi) is 3.14. The standard InChI is InChI=1S/C11H11FN2O2/c1-2-10-13-11(16-14-10)7-15-9-5-3-8(12)4-6-9/h3-6H,2,7H2,1H3. The lowest BCUT2D eigenvalue weighted by atomic mass is 10.3. The number of rotatable bonds is 4. The van der Waals surface area contributed by atoms with E-state index >= 15 is 0 Å². The second-order valence-corrected chi connectivity index (χ2v) is 3.20. The highest BCUT2D eigenvalue weighted by atomic mass is 19.1. The Labute approximate surface area is 92.0 Å². The van der Waals surface area contributed by atoms with Crippen molar-refractivity contribution in [1.29, 1.82) is 0 Å². The molecule has 0 aliphatic rings. The zero-order chi connectivity index (χ0) is 11.4. The molecule has 1 heterocycles. The van der Waals surface area contributed by atoms with Crippen LogP contribution in [-0.2, 0) is 13.0 Å². The zero-order valence-corrected chi connectivity index (χ0v) is 8.81. The Balaban J connectivity index is 1.94. The SMILES string of the molecule is CCc1noc(COc2ccc(F)cc2)n1. The normalized spacial score (nSPS) is 10.4. The van der Waals surface area contributed by atoms with Crippen molar-refractivity contribution in [2.24, 2.45) is 0 Å². The molecular weight excluding hydrogens is 211 g/mol. The lowest BCUT2D eigenvalue weighted by Crippen LogP contribution is -1.96. The van der Waals surface area contributed by atoms with Crippen molar-refractivity contribution in [3.8, 4) is 5.75 Å². The molecule has 0 spiro atoms. The molecule has 0 fully saturated rings. The van der Waals surface area contributed by atoms with E-state index in [-0.39, 0.29) is 12.4 Å². The molecule has 0 amide bonds. The first kappa shape index (κ1) is 10.6. The maximum absolute atomic E-state index is 12.6. The molecule has 1 aromatic heterocycles. The van der Waals surface area contributed by atoms with Crippen LogP contribution >= 0.6 is 0 Å². The van der Waals surface area contributed by atoms with Crippen molar-refractivity contribution in [1.82, 2.24) is 10.1 Å². The summed E-state index contributed by atoms with van der Waals surface area (Å²) in [4.78, 5) is 4.08. The number of halogens is 1. The Hall–Kier alpha value is -1.91. The Morgan fingerprint density at radius 2 is 2.06 bits per heavy atom. The van der Waals surface area contributed by atoms with Crippen molar-refractivity contribution in [3.63, 3.8) is 0 Å². The highest BCUT2D eigenvalue weighted by Crippen LogP contribution is 2.12. The van der Waals surface area contributed by atoms with Crippen LogP contribution in [0.4, 0.5) is 4.39 Å². The molecule has 4 nitrogen and oxygen atoms in total. The molecular formula is C11H11FN2O2. The smallest absolute Gasteiger partial charge is 0.264 e. The van der Waals surface area contributed by atoms with E-state index in [0.717, 1.165) is 6.42 Å². The number of benzene rings is 1. The van der Waals surface area contributed by atoms with Crippen LogP contribution in [0.25, 0.3) is 0 Å². The van der Waals surface area contributed by atoms with Gasteiger partial charge in [0.25, 0.3) is 5.89 Å². The predicted molar refractivity (Wildman–Crippen MR) is 54.4 cm³/mol. The van der Waals surface area contributed by atoms with E-state index in [1.165, 1.54) is 12.1 Å². The van der Waals surface area contributed by atoms with Gasteiger partial charge in [0.05, 0.1) is 0 Å². The lowest BCUT2D eigenvalue weighted by molar-refractivity contribution is 0.242. The van der Waals surface area contributed by atoms with Crippen molar-refractivity contribution >= 4 is 0 Å². The van der Waals surface area contributed by atoms with Crippen LogP contribution in [0.5, 0.6) is 5.75 Å². The van der Waals surface area contributed by atoms with Crippen LogP contribution in [0.3, 0.4) is 0 Å². The molecule has 0 atom stereocenters. The highest BCUT2D eigenvalue weighted by Gasteiger charge is 2.05. The van der Waals surface area contributed by atoms with Gasteiger partial charge in [-0.05, 0) is 24.3 Å². The van der Waals surface area contributed by atoms with E-state index in [4.69, 9.17) is 9.26 Å². The first-order valence-electron chi connectivity index (χ1n) is 4.97. The van der Waals surface area contributed by atoms with Gasteiger partial charge in [-0.3, -0.25) is 0 Å². The first-order valence-corrected chi connectivity index (χ1v) is 4.97. The number of ether oxygens (including phenoxy) is 1. The molecule has 84 valence electrons. The largest absolute Gasteiger partial charge is 0.484 e. The van der Waals surface area contributed by atoms with E-state index < -0.39 is 0 Å². The summed E-state index contributed by atoms with van der Waals surface area (Å²) in [7, 11) is 0. The molecule has 0 aliphatic carbocycles. The van der Waals surface area contributed by atoms with Gasteiger partial charge < -0.3 is 9.26 Å². The fraction of sp³-hybridized carbons (Fsp3) is 0.273. The van der Waals surface area contributed by atoms with Gasteiger partial charge in [0.1, 0.15) is 11.6 Å². The highest BCUT2D eigenvalue weighted by molar-refractivity contribution is 5.22. The third-order valence-electron chi connectivity index (χ3n) is 2.00. The fourth-order valence-corrected chi connectivity index (χ4v) is 1.17. The molecule has 5 heteroatoms. The number of aryl methyl sites for hydroxylation is 1. The summed E-state index contributed by atoms with van der Waals surface area (Å²) < 4.78 is 22.9. The Morgan fingerprint density at radius 1 is 1.31 bits per heavy atom. The minimum atomic E-state index is -0.293. The fourth-order valence-electron chi connectivity index (χ4n) is 1.17. The van der Waals surface area contributed by atoms with E-state index in [2.05, 4.69) is 10.1 Å². The van der Waals surface area contributed by atoms with Gasteiger partial charge in [0, 0.05) is 6.42 Å². The summed E-state index contributed by atoms with van der Waals surface area (Å²) >= 11 is 0. The third-order valence-corrected chi connectivity index (χ3v) is 2.00. The second-order valence-electron chi connectivity index (χ2n) is 3.20. The molecule has 0 unspecified atom stereocenters. The number of nitrogens with zero attached hydrogens (tertiary/aromatic N) is 2. The summed E-state index contributed by atoms with van der Waals surface area (Å²) in [6.45, 7) is 2.13. The molecule has 16 heavy (non-hydrogen) atoms. The summed E-state index contributed by atoms with van der Waals surface area (Å²) in [6, 6.07) is 5.76. The maximum Gasteiger partial charge on any atom is 0.264 e. The van der Waals surface area contributed by atoms with Crippen molar-refractivity contribution in [2.75, 3.05) is 0 Å². The average Bonchev–Trinajstić information content (AvgIpc) is 2.76. The van der Waals surface area contributed by atoms with Crippen LogP contribution in [0.15, 0.2) is 28.8 Å². The van der Waals surface area contributed by atoms with Crippen LogP contribution in [0, 0.1) is 5.82 Å². The molecule has 2 rings (SSSR count).